The molecule has 1 aliphatic rings. The molecule has 0 saturated carbocycles. The molecule has 0 aliphatic carbocycles. The van der Waals surface area contributed by atoms with Crippen LogP contribution in [0, 0.1) is 0 Å². The Bertz CT molecular complexity index is 945. The second-order valence-corrected chi connectivity index (χ2v) is 9.40. The number of amides is 1. The summed E-state index contributed by atoms with van der Waals surface area (Å²) in [5.41, 5.74) is 1.32. The number of nitrogens with zero attached hydrogens (tertiary/aromatic N) is 1. The maximum atomic E-state index is 12.6. The molecule has 1 aliphatic heterocycles. The van der Waals surface area contributed by atoms with Crippen LogP contribution in [0.25, 0.3) is 0 Å². The van der Waals surface area contributed by atoms with Crippen molar-refractivity contribution >= 4 is 31.9 Å². The summed E-state index contributed by atoms with van der Waals surface area (Å²) in [6.07, 6.45) is 0. The van der Waals surface area contributed by atoms with Crippen molar-refractivity contribution in [3.05, 3.63) is 64.1 Å². The lowest BCUT2D eigenvalue weighted by Gasteiger charge is -2.26. The zero-order chi connectivity index (χ0) is 20.7. The first-order chi connectivity index (χ1) is 14.0. The van der Waals surface area contributed by atoms with Crippen molar-refractivity contribution in [1.82, 2.24) is 9.62 Å². The summed E-state index contributed by atoms with van der Waals surface area (Å²) in [5, 5.41) is 2.68. The molecule has 7 nitrogen and oxygen atoms in total. The fourth-order valence-electron chi connectivity index (χ4n) is 2.89. The monoisotopic (exact) mass is 482 g/mol. The minimum atomic E-state index is -3.42. The van der Waals surface area contributed by atoms with Gasteiger partial charge in [0.05, 0.1) is 24.5 Å². The third-order valence-corrected chi connectivity index (χ3v) is 7.13. The Labute approximate surface area is 179 Å². The van der Waals surface area contributed by atoms with Crippen LogP contribution in [0.2, 0.25) is 0 Å². The van der Waals surface area contributed by atoms with E-state index in [0.29, 0.717) is 44.2 Å². The van der Waals surface area contributed by atoms with Crippen LogP contribution in [-0.4, -0.2) is 57.2 Å². The van der Waals surface area contributed by atoms with Gasteiger partial charge < -0.3 is 14.8 Å². The molecule has 9 heteroatoms. The van der Waals surface area contributed by atoms with E-state index in [1.54, 1.807) is 24.3 Å². The zero-order valence-electron chi connectivity index (χ0n) is 15.8. The third kappa shape index (κ3) is 6.02. The molecule has 2 aromatic rings. The van der Waals surface area contributed by atoms with Crippen molar-refractivity contribution in [2.75, 3.05) is 38.6 Å². The highest BCUT2D eigenvalue weighted by molar-refractivity contribution is 9.10. The lowest BCUT2D eigenvalue weighted by molar-refractivity contribution is 0.0730. The largest absolute Gasteiger partial charge is 0.488 e. The number of rotatable bonds is 8. The van der Waals surface area contributed by atoms with E-state index in [-0.39, 0.29) is 18.2 Å². The molecule has 0 spiro atoms. The Kier molecular flexibility index (Phi) is 7.65. The van der Waals surface area contributed by atoms with E-state index in [1.807, 2.05) is 24.3 Å². The van der Waals surface area contributed by atoms with Crippen molar-refractivity contribution in [1.29, 1.82) is 0 Å². The van der Waals surface area contributed by atoms with E-state index in [1.165, 1.54) is 4.31 Å². The number of hydrogen-bond acceptors (Lipinski definition) is 5. The van der Waals surface area contributed by atoms with Crippen LogP contribution in [0.1, 0.15) is 15.9 Å². The fraction of sp³-hybridized carbons (Fsp3) is 0.350. The van der Waals surface area contributed by atoms with Gasteiger partial charge in [-0.1, -0.05) is 46.3 Å². The number of carbonyl (C=O) groups excluding carboxylic acids is 1. The SMILES string of the molecule is O=C(NCCS(=O)(=O)N1CCOCC1)c1ccccc1OCc1ccccc1Br. The smallest absolute Gasteiger partial charge is 0.255 e. The van der Waals surface area contributed by atoms with Crippen LogP contribution in [0.4, 0.5) is 0 Å². The van der Waals surface area contributed by atoms with Gasteiger partial charge in [0.2, 0.25) is 10.0 Å². The van der Waals surface area contributed by atoms with Crippen LogP contribution in [0.5, 0.6) is 5.75 Å². The Hall–Kier alpha value is -1.94. The van der Waals surface area contributed by atoms with Crippen LogP contribution in [0.15, 0.2) is 53.0 Å². The van der Waals surface area contributed by atoms with Crippen LogP contribution in [-0.2, 0) is 21.4 Å². The molecular formula is C20H23BrN2O5S. The highest BCUT2D eigenvalue weighted by Gasteiger charge is 2.24. The van der Waals surface area contributed by atoms with Crippen molar-refractivity contribution < 1.29 is 22.7 Å². The van der Waals surface area contributed by atoms with Gasteiger partial charge in [0.15, 0.2) is 0 Å². The molecule has 2 aromatic carbocycles. The topological polar surface area (TPSA) is 84.9 Å². The molecule has 3 rings (SSSR count). The second kappa shape index (κ2) is 10.2. The number of halogens is 1. The first-order valence-corrected chi connectivity index (χ1v) is 11.7. The minimum Gasteiger partial charge on any atom is -0.488 e. The number of benzene rings is 2. The van der Waals surface area contributed by atoms with Gasteiger partial charge in [-0.3, -0.25) is 4.79 Å². The van der Waals surface area contributed by atoms with Gasteiger partial charge in [0.1, 0.15) is 12.4 Å². The Balaban J connectivity index is 1.57. The molecule has 1 saturated heterocycles. The molecule has 0 unspecified atom stereocenters. The van der Waals surface area contributed by atoms with E-state index in [4.69, 9.17) is 9.47 Å². The van der Waals surface area contributed by atoms with Crippen molar-refractivity contribution in [2.45, 2.75) is 6.61 Å². The maximum absolute atomic E-state index is 12.6. The standard InChI is InChI=1S/C20H23BrN2O5S/c21-18-7-3-1-5-16(18)15-28-19-8-4-2-6-17(19)20(24)22-9-14-29(25,26)23-10-12-27-13-11-23/h1-8H,9-15H2,(H,22,24). The van der Waals surface area contributed by atoms with E-state index in [0.717, 1.165) is 10.0 Å². The Morgan fingerprint density at radius 3 is 2.55 bits per heavy atom. The molecule has 0 bridgehead atoms. The molecule has 0 radical (unpaired) electrons. The first kappa shape index (κ1) is 21.8. The normalized spacial score (nSPS) is 15.1. The van der Waals surface area contributed by atoms with Gasteiger partial charge in [-0.05, 0) is 18.2 Å². The Morgan fingerprint density at radius 2 is 1.79 bits per heavy atom. The number of ether oxygens (including phenoxy) is 2. The van der Waals surface area contributed by atoms with Crippen LogP contribution >= 0.6 is 15.9 Å². The lowest BCUT2D eigenvalue weighted by Crippen LogP contribution is -2.43. The molecule has 1 fully saturated rings. The number of hydrogen-bond donors (Lipinski definition) is 1. The number of sulfonamides is 1. The number of carbonyl (C=O) groups is 1. The summed E-state index contributed by atoms with van der Waals surface area (Å²) in [6.45, 7) is 1.82. The van der Waals surface area contributed by atoms with E-state index in [2.05, 4.69) is 21.2 Å². The molecule has 156 valence electrons. The van der Waals surface area contributed by atoms with Crippen molar-refractivity contribution in [3.63, 3.8) is 0 Å². The third-order valence-electron chi connectivity index (χ3n) is 4.48. The lowest BCUT2D eigenvalue weighted by atomic mass is 10.2. The summed E-state index contributed by atoms with van der Waals surface area (Å²) in [4.78, 5) is 12.6. The summed E-state index contributed by atoms with van der Waals surface area (Å²) >= 11 is 3.47. The quantitative estimate of drug-likeness (QED) is 0.624. The van der Waals surface area contributed by atoms with Crippen LogP contribution < -0.4 is 10.1 Å². The summed E-state index contributed by atoms with van der Waals surface area (Å²) in [7, 11) is -3.42. The van der Waals surface area contributed by atoms with Crippen molar-refractivity contribution in [2.24, 2.45) is 0 Å². The minimum absolute atomic E-state index is 0.0249. The summed E-state index contributed by atoms with van der Waals surface area (Å²) < 4.78 is 38.0. The van der Waals surface area contributed by atoms with Gasteiger partial charge in [0, 0.05) is 29.7 Å². The van der Waals surface area contributed by atoms with Gasteiger partial charge in [-0.2, -0.15) is 4.31 Å². The van der Waals surface area contributed by atoms with Crippen molar-refractivity contribution in [3.8, 4) is 5.75 Å². The predicted octanol–water partition coefficient (Wildman–Crippen LogP) is 2.42. The average molecular weight is 483 g/mol. The van der Waals surface area contributed by atoms with Gasteiger partial charge in [-0.25, -0.2) is 8.42 Å². The molecular weight excluding hydrogens is 460 g/mol. The van der Waals surface area contributed by atoms with Crippen LogP contribution in [0.3, 0.4) is 0 Å². The molecule has 0 atom stereocenters. The first-order valence-electron chi connectivity index (χ1n) is 9.26. The molecule has 1 heterocycles. The fourth-order valence-corrected chi connectivity index (χ4v) is 4.62. The van der Waals surface area contributed by atoms with E-state index in [9.17, 15) is 13.2 Å². The predicted molar refractivity (Wildman–Crippen MR) is 113 cm³/mol. The summed E-state index contributed by atoms with van der Waals surface area (Å²) in [5.74, 6) is -0.0830. The van der Waals surface area contributed by atoms with E-state index >= 15 is 0 Å². The highest BCUT2D eigenvalue weighted by Crippen LogP contribution is 2.22. The number of morpholine rings is 1. The summed E-state index contributed by atoms with van der Waals surface area (Å²) in [6, 6.07) is 14.6. The average Bonchev–Trinajstić information content (AvgIpc) is 2.74. The highest BCUT2D eigenvalue weighted by atomic mass is 79.9. The Morgan fingerprint density at radius 1 is 1.10 bits per heavy atom. The molecule has 1 amide bonds. The van der Waals surface area contributed by atoms with Gasteiger partial charge in [0.25, 0.3) is 5.91 Å². The zero-order valence-corrected chi connectivity index (χ0v) is 18.2. The molecule has 1 N–H and O–H groups in total. The van der Waals surface area contributed by atoms with E-state index < -0.39 is 10.0 Å². The number of nitrogens with one attached hydrogen (secondary N) is 1. The van der Waals surface area contributed by atoms with Gasteiger partial charge in [-0.15, -0.1) is 0 Å². The second-order valence-electron chi connectivity index (χ2n) is 6.46. The maximum Gasteiger partial charge on any atom is 0.255 e. The molecule has 29 heavy (non-hydrogen) atoms. The number of para-hydroxylation sites is 1. The molecule has 0 aromatic heterocycles. The van der Waals surface area contributed by atoms with Gasteiger partial charge >= 0.3 is 0 Å².